The zero-order valence-corrected chi connectivity index (χ0v) is 12.6. The molecule has 106 valence electrons. The van der Waals surface area contributed by atoms with Gasteiger partial charge in [0.2, 0.25) is 0 Å². The molecule has 2 aliphatic carbocycles. The molecule has 0 saturated heterocycles. The van der Waals surface area contributed by atoms with Crippen molar-refractivity contribution in [2.75, 3.05) is 19.6 Å². The molecule has 0 aromatic heterocycles. The maximum atomic E-state index is 6.35. The Hall–Kier alpha value is -0.0800. The molecule has 2 saturated carbocycles. The molecule has 0 aromatic rings. The second kappa shape index (κ2) is 5.92. The Labute approximate surface area is 113 Å². The van der Waals surface area contributed by atoms with Crippen molar-refractivity contribution in [2.45, 2.75) is 65.3 Å². The van der Waals surface area contributed by atoms with Gasteiger partial charge in [-0.3, -0.25) is 0 Å². The van der Waals surface area contributed by atoms with Gasteiger partial charge in [-0.25, -0.2) is 0 Å². The molecule has 0 spiro atoms. The van der Waals surface area contributed by atoms with Crippen molar-refractivity contribution >= 4 is 0 Å². The van der Waals surface area contributed by atoms with E-state index in [0.29, 0.717) is 17.4 Å². The van der Waals surface area contributed by atoms with E-state index >= 15 is 0 Å². The summed E-state index contributed by atoms with van der Waals surface area (Å²) in [6, 6.07) is 0.438. The van der Waals surface area contributed by atoms with E-state index in [-0.39, 0.29) is 0 Å². The van der Waals surface area contributed by atoms with Gasteiger partial charge in [0.15, 0.2) is 0 Å². The van der Waals surface area contributed by atoms with Crippen molar-refractivity contribution in [3.63, 3.8) is 0 Å². The highest BCUT2D eigenvalue weighted by atomic mass is 15.1. The molecule has 2 atom stereocenters. The van der Waals surface area contributed by atoms with E-state index in [1.807, 2.05) is 0 Å². The summed E-state index contributed by atoms with van der Waals surface area (Å²) in [6.07, 6.45) is 8.21. The molecule has 2 aliphatic rings. The molecular weight excluding hydrogens is 220 g/mol. The molecule has 2 N–H and O–H groups in total. The van der Waals surface area contributed by atoms with E-state index in [1.54, 1.807) is 0 Å². The number of nitrogens with zero attached hydrogens (tertiary/aromatic N) is 1. The van der Waals surface area contributed by atoms with Gasteiger partial charge in [-0.15, -0.1) is 0 Å². The molecular formula is C16H32N2. The van der Waals surface area contributed by atoms with Crippen molar-refractivity contribution in [1.82, 2.24) is 4.90 Å². The minimum atomic E-state index is 0.438. The number of hydrogen-bond donors (Lipinski definition) is 1. The van der Waals surface area contributed by atoms with Crippen molar-refractivity contribution < 1.29 is 0 Å². The van der Waals surface area contributed by atoms with Crippen LogP contribution in [0.2, 0.25) is 0 Å². The Kier molecular flexibility index (Phi) is 4.71. The Bertz CT molecular complexity index is 258. The Morgan fingerprint density at radius 2 is 1.89 bits per heavy atom. The predicted molar refractivity (Wildman–Crippen MR) is 78.6 cm³/mol. The summed E-state index contributed by atoms with van der Waals surface area (Å²) in [5, 5.41) is 0. The van der Waals surface area contributed by atoms with Gasteiger partial charge in [0.05, 0.1) is 0 Å². The smallest absolute Gasteiger partial charge is 0.00797 e. The Morgan fingerprint density at radius 1 is 1.17 bits per heavy atom. The van der Waals surface area contributed by atoms with E-state index in [1.165, 1.54) is 58.2 Å². The van der Waals surface area contributed by atoms with Crippen molar-refractivity contribution in [2.24, 2.45) is 23.0 Å². The molecule has 0 bridgehead atoms. The van der Waals surface area contributed by atoms with Gasteiger partial charge in [-0.1, -0.05) is 27.2 Å². The maximum absolute atomic E-state index is 6.35. The van der Waals surface area contributed by atoms with Gasteiger partial charge in [0.25, 0.3) is 0 Å². The van der Waals surface area contributed by atoms with Crippen LogP contribution in [0.4, 0.5) is 0 Å². The molecule has 0 amide bonds. The largest absolute Gasteiger partial charge is 0.327 e. The SMILES string of the molecule is CCN(CC1CCC1)CC1CC(C)(C)CCC1N. The third kappa shape index (κ3) is 3.71. The second-order valence-electron chi connectivity index (χ2n) is 7.48. The fraction of sp³-hybridized carbons (Fsp3) is 1.00. The van der Waals surface area contributed by atoms with Gasteiger partial charge in [-0.2, -0.15) is 0 Å². The zero-order chi connectivity index (χ0) is 13.2. The summed E-state index contributed by atoms with van der Waals surface area (Å²) < 4.78 is 0. The Balaban J connectivity index is 1.84. The summed E-state index contributed by atoms with van der Waals surface area (Å²) in [4.78, 5) is 2.66. The van der Waals surface area contributed by atoms with Gasteiger partial charge in [0, 0.05) is 19.1 Å². The molecule has 2 heteroatoms. The average molecular weight is 252 g/mol. The first-order valence-corrected chi connectivity index (χ1v) is 7.98. The molecule has 2 unspecified atom stereocenters. The number of rotatable bonds is 5. The summed E-state index contributed by atoms with van der Waals surface area (Å²) in [5.41, 5.74) is 6.86. The van der Waals surface area contributed by atoms with Crippen LogP contribution in [0.25, 0.3) is 0 Å². The average Bonchev–Trinajstić information content (AvgIpc) is 2.26. The first-order valence-electron chi connectivity index (χ1n) is 7.98. The van der Waals surface area contributed by atoms with E-state index in [9.17, 15) is 0 Å². The maximum Gasteiger partial charge on any atom is 0.00797 e. The first-order chi connectivity index (χ1) is 8.50. The monoisotopic (exact) mass is 252 g/mol. The van der Waals surface area contributed by atoms with Crippen LogP contribution < -0.4 is 5.73 Å². The molecule has 0 aliphatic heterocycles. The lowest BCUT2D eigenvalue weighted by molar-refractivity contribution is 0.0987. The third-order valence-corrected chi connectivity index (χ3v) is 5.26. The topological polar surface area (TPSA) is 29.3 Å². The van der Waals surface area contributed by atoms with Crippen LogP contribution in [0.3, 0.4) is 0 Å². The van der Waals surface area contributed by atoms with Crippen LogP contribution in [0, 0.1) is 17.3 Å². The second-order valence-corrected chi connectivity index (χ2v) is 7.48. The summed E-state index contributed by atoms with van der Waals surface area (Å²) in [6.45, 7) is 10.9. The highest BCUT2D eigenvalue weighted by Gasteiger charge is 2.34. The normalized spacial score (nSPS) is 32.5. The number of hydrogen-bond acceptors (Lipinski definition) is 2. The Morgan fingerprint density at radius 3 is 2.44 bits per heavy atom. The summed E-state index contributed by atoms with van der Waals surface area (Å²) in [5.74, 6) is 1.70. The number of nitrogens with two attached hydrogens (primary N) is 1. The molecule has 18 heavy (non-hydrogen) atoms. The van der Waals surface area contributed by atoms with Crippen LogP contribution in [0.1, 0.15) is 59.3 Å². The van der Waals surface area contributed by atoms with Crippen LogP contribution in [0.5, 0.6) is 0 Å². The lowest BCUT2D eigenvalue weighted by Crippen LogP contribution is -2.46. The fourth-order valence-corrected chi connectivity index (χ4v) is 3.66. The summed E-state index contributed by atoms with van der Waals surface area (Å²) in [7, 11) is 0. The fourth-order valence-electron chi connectivity index (χ4n) is 3.66. The molecule has 2 nitrogen and oxygen atoms in total. The molecule has 0 aromatic carbocycles. The van der Waals surface area contributed by atoms with E-state index in [2.05, 4.69) is 25.7 Å². The van der Waals surface area contributed by atoms with Gasteiger partial charge in [-0.05, 0) is 55.9 Å². The molecule has 0 heterocycles. The van der Waals surface area contributed by atoms with Crippen LogP contribution in [-0.4, -0.2) is 30.6 Å². The van der Waals surface area contributed by atoms with Crippen LogP contribution in [-0.2, 0) is 0 Å². The van der Waals surface area contributed by atoms with Gasteiger partial charge < -0.3 is 10.6 Å². The van der Waals surface area contributed by atoms with Crippen LogP contribution >= 0.6 is 0 Å². The minimum absolute atomic E-state index is 0.438. The quantitative estimate of drug-likeness (QED) is 0.814. The molecule has 2 fully saturated rings. The van der Waals surface area contributed by atoms with E-state index in [0.717, 1.165) is 5.92 Å². The predicted octanol–water partition coefficient (Wildman–Crippen LogP) is 3.26. The van der Waals surface area contributed by atoms with Crippen molar-refractivity contribution in [3.05, 3.63) is 0 Å². The summed E-state index contributed by atoms with van der Waals surface area (Å²) >= 11 is 0. The van der Waals surface area contributed by atoms with Gasteiger partial charge in [0.1, 0.15) is 0 Å². The van der Waals surface area contributed by atoms with Gasteiger partial charge >= 0.3 is 0 Å². The lowest BCUT2D eigenvalue weighted by Gasteiger charge is -2.42. The lowest BCUT2D eigenvalue weighted by atomic mass is 9.70. The van der Waals surface area contributed by atoms with Crippen molar-refractivity contribution in [1.29, 1.82) is 0 Å². The molecule has 0 radical (unpaired) electrons. The van der Waals surface area contributed by atoms with E-state index < -0.39 is 0 Å². The first kappa shape index (κ1) is 14.3. The van der Waals surface area contributed by atoms with Crippen LogP contribution in [0.15, 0.2) is 0 Å². The zero-order valence-electron chi connectivity index (χ0n) is 12.6. The highest BCUT2D eigenvalue weighted by Crippen LogP contribution is 2.38. The van der Waals surface area contributed by atoms with E-state index in [4.69, 9.17) is 5.73 Å². The molecule has 2 rings (SSSR count). The third-order valence-electron chi connectivity index (χ3n) is 5.26. The standard InChI is InChI=1S/C16H32N2/c1-4-18(11-13-6-5-7-13)12-14-10-16(2,3)9-8-15(14)17/h13-15H,4-12,17H2,1-3H3. The highest BCUT2D eigenvalue weighted by molar-refractivity contribution is 4.89. The van der Waals surface area contributed by atoms with Crippen molar-refractivity contribution in [3.8, 4) is 0 Å². The minimum Gasteiger partial charge on any atom is -0.327 e.